The fourth-order valence-electron chi connectivity index (χ4n) is 3.76. The Morgan fingerprint density at radius 2 is 1.97 bits per heavy atom. The number of guanidine groups is 1. The van der Waals surface area contributed by atoms with Gasteiger partial charge in [0.2, 0.25) is 0 Å². The van der Waals surface area contributed by atoms with Crippen molar-refractivity contribution < 1.29 is 4.74 Å². The third-order valence-corrected chi connectivity index (χ3v) is 5.65. The number of aromatic nitrogens is 3. The molecule has 2 N–H and O–H groups in total. The van der Waals surface area contributed by atoms with E-state index in [1.807, 2.05) is 16.7 Å². The second-order valence-electron chi connectivity index (χ2n) is 7.77. The maximum atomic E-state index is 12.4. The van der Waals surface area contributed by atoms with Crippen molar-refractivity contribution in [3.63, 3.8) is 0 Å². The summed E-state index contributed by atoms with van der Waals surface area (Å²) in [5, 5.41) is 11.2. The number of fused-ring (bicyclic) bond motifs is 1. The van der Waals surface area contributed by atoms with Crippen molar-refractivity contribution in [1.29, 1.82) is 0 Å². The SMILES string of the molecule is CN=C(NCCCn1nc2n(c1=O)CCCC2)NCCC(C)c1ccc(OC)cc1.I. The van der Waals surface area contributed by atoms with Gasteiger partial charge >= 0.3 is 5.69 Å². The van der Waals surface area contributed by atoms with Crippen molar-refractivity contribution in [3.05, 3.63) is 46.1 Å². The molecule has 31 heavy (non-hydrogen) atoms. The summed E-state index contributed by atoms with van der Waals surface area (Å²) in [6.45, 7) is 5.22. The number of rotatable bonds is 9. The van der Waals surface area contributed by atoms with Crippen LogP contribution in [0.25, 0.3) is 0 Å². The normalized spacial score (nSPS) is 14.4. The maximum absolute atomic E-state index is 12.4. The van der Waals surface area contributed by atoms with Crippen molar-refractivity contribution in [2.45, 2.75) is 58.0 Å². The number of hydrogen-bond donors (Lipinski definition) is 2. The molecular formula is C22H35IN6O2. The first-order valence-electron chi connectivity index (χ1n) is 10.9. The van der Waals surface area contributed by atoms with Gasteiger partial charge in [0.15, 0.2) is 5.96 Å². The van der Waals surface area contributed by atoms with E-state index in [4.69, 9.17) is 4.74 Å². The molecule has 0 aliphatic carbocycles. The smallest absolute Gasteiger partial charge is 0.345 e. The van der Waals surface area contributed by atoms with Crippen LogP contribution in [0.5, 0.6) is 5.75 Å². The van der Waals surface area contributed by atoms with Crippen LogP contribution >= 0.6 is 24.0 Å². The van der Waals surface area contributed by atoms with Crippen LogP contribution in [0.3, 0.4) is 0 Å². The third-order valence-electron chi connectivity index (χ3n) is 5.65. The number of aliphatic imine (C=N–C) groups is 1. The number of methoxy groups -OCH3 is 1. The molecule has 8 nitrogen and oxygen atoms in total. The lowest BCUT2D eigenvalue weighted by atomic mass is 9.98. The van der Waals surface area contributed by atoms with Gasteiger partial charge in [0.1, 0.15) is 11.6 Å². The highest BCUT2D eigenvalue weighted by Crippen LogP contribution is 2.21. The number of benzene rings is 1. The maximum Gasteiger partial charge on any atom is 0.345 e. The molecule has 1 aromatic carbocycles. The van der Waals surface area contributed by atoms with E-state index in [0.29, 0.717) is 12.5 Å². The molecule has 0 bridgehead atoms. The summed E-state index contributed by atoms with van der Waals surface area (Å²) in [5.74, 6) is 3.04. The highest BCUT2D eigenvalue weighted by Gasteiger charge is 2.16. The fraction of sp³-hybridized carbons (Fsp3) is 0.591. The Morgan fingerprint density at radius 3 is 2.65 bits per heavy atom. The van der Waals surface area contributed by atoms with E-state index in [-0.39, 0.29) is 29.7 Å². The van der Waals surface area contributed by atoms with Crippen LogP contribution in [0.4, 0.5) is 0 Å². The zero-order valence-electron chi connectivity index (χ0n) is 18.8. The van der Waals surface area contributed by atoms with E-state index in [1.54, 1.807) is 18.8 Å². The predicted octanol–water partition coefficient (Wildman–Crippen LogP) is 2.76. The van der Waals surface area contributed by atoms with Crippen molar-refractivity contribution >= 4 is 29.9 Å². The van der Waals surface area contributed by atoms with Gasteiger partial charge in [-0.1, -0.05) is 19.1 Å². The van der Waals surface area contributed by atoms with E-state index < -0.39 is 0 Å². The Labute approximate surface area is 201 Å². The highest BCUT2D eigenvalue weighted by atomic mass is 127. The second kappa shape index (κ2) is 12.7. The van der Waals surface area contributed by atoms with Crippen LogP contribution in [0.2, 0.25) is 0 Å². The topological polar surface area (TPSA) is 85.5 Å². The zero-order chi connectivity index (χ0) is 21.3. The first kappa shape index (κ1) is 25.2. The molecule has 1 unspecified atom stereocenters. The monoisotopic (exact) mass is 542 g/mol. The van der Waals surface area contributed by atoms with Crippen molar-refractivity contribution in [3.8, 4) is 5.75 Å². The first-order chi connectivity index (χ1) is 14.6. The number of hydrogen-bond acceptors (Lipinski definition) is 4. The summed E-state index contributed by atoms with van der Waals surface area (Å²) in [6, 6.07) is 8.24. The Balaban J connectivity index is 0.00000341. The van der Waals surface area contributed by atoms with Crippen LogP contribution < -0.4 is 21.1 Å². The first-order valence-corrected chi connectivity index (χ1v) is 10.9. The number of nitrogens with zero attached hydrogens (tertiary/aromatic N) is 4. The molecule has 2 aromatic rings. The summed E-state index contributed by atoms with van der Waals surface area (Å²) in [6.07, 6.45) is 4.92. The van der Waals surface area contributed by atoms with E-state index in [9.17, 15) is 4.79 Å². The predicted molar refractivity (Wildman–Crippen MR) is 135 cm³/mol. The Hall–Kier alpha value is -2.04. The Morgan fingerprint density at radius 1 is 1.23 bits per heavy atom. The Kier molecular flexibility index (Phi) is 10.4. The van der Waals surface area contributed by atoms with Gasteiger partial charge in [0.25, 0.3) is 0 Å². The molecule has 0 saturated heterocycles. The quantitative estimate of drug-likeness (QED) is 0.220. The lowest BCUT2D eigenvalue weighted by Gasteiger charge is -2.15. The summed E-state index contributed by atoms with van der Waals surface area (Å²) >= 11 is 0. The van der Waals surface area contributed by atoms with Gasteiger partial charge in [-0.3, -0.25) is 9.56 Å². The van der Waals surface area contributed by atoms with Gasteiger partial charge in [0.05, 0.1) is 7.11 Å². The number of nitrogens with one attached hydrogen (secondary N) is 2. The highest BCUT2D eigenvalue weighted by molar-refractivity contribution is 14.0. The lowest BCUT2D eigenvalue weighted by molar-refractivity contribution is 0.414. The summed E-state index contributed by atoms with van der Waals surface area (Å²) in [4.78, 5) is 16.6. The van der Waals surface area contributed by atoms with Gasteiger partial charge in [-0.25, -0.2) is 9.48 Å². The van der Waals surface area contributed by atoms with Crippen molar-refractivity contribution in [2.75, 3.05) is 27.2 Å². The average molecular weight is 542 g/mol. The molecule has 172 valence electrons. The van der Waals surface area contributed by atoms with Crippen molar-refractivity contribution in [2.24, 2.45) is 4.99 Å². The van der Waals surface area contributed by atoms with Crippen LogP contribution in [-0.4, -0.2) is 47.6 Å². The molecule has 1 aliphatic rings. The molecule has 0 spiro atoms. The van der Waals surface area contributed by atoms with Gasteiger partial charge in [-0.15, -0.1) is 24.0 Å². The van der Waals surface area contributed by atoms with E-state index in [1.165, 1.54) is 5.56 Å². The van der Waals surface area contributed by atoms with Gasteiger partial charge in [-0.2, -0.15) is 5.10 Å². The van der Waals surface area contributed by atoms with E-state index >= 15 is 0 Å². The standard InChI is InChI=1S/C22H34N6O2.HI/c1-17(18-8-10-19(30-3)11-9-18)12-14-25-21(23-2)24-13-6-16-28-22(29)27-15-5-4-7-20(27)26-28;/h8-11,17H,4-7,12-16H2,1-3H3,(H2,23,24,25);1H. The summed E-state index contributed by atoms with van der Waals surface area (Å²) < 4.78 is 8.65. The minimum Gasteiger partial charge on any atom is -0.497 e. The van der Waals surface area contributed by atoms with Crippen LogP contribution in [-0.2, 0) is 19.5 Å². The van der Waals surface area contributed by atoms with E-state index in [2.05, 4.69) is 39.8 Å². The minimum atomic E-state index is 0. The molecule has 1 atom stereocenters. The zero-order valence-corrected chi connectivity index (χ0v) is 21.1. The molecule has 3 rings (SSSR count). The molecule has 1 aromatic heterocycles. The van der Waals surface area contributed by atoms with Gasteiger partial charge in [0, 0.05) is 39.6 Å². The van der Waals surface area contributed by atoms with Crippen molar-refractivity contribution in [1.82, 2.24) is 25.0 Å². The average Bonchev–Trinajstić information content (AvgIpc) is 3.11. The number of halogens is 1. The molecule has 2 heterocycles. The molecule has 0 amide bonds. The van der Waals surface area contributed by atoms with Crippen LogP contribution in [0.15, 0.2) is 34.1 Å². The number of aryl methyl sites for hydroxylation is 2. The molecule has 0 radical (unpaired) electrons. The summed E-state index contributed by atoms with van der Waals surface area (Å²) in [5.41, 5.74) is 1.33. The molecule has 0 saturated carbocycles. The minimum absolute atomic E-state index is 0. The van der Waals surface area contributed by atoms with Crippen LogP contribution in [0.1, 0.15) is 49.9 Å². The molecular weight excluding hydrogens is 507 g/mol. The van der Waals surface area contributed by atoms with Crippen LogP contribution in [0, 0.1) is 0 Å². The number of ether oxygens (including phenoxy) is 1. The van der Waals surface area contributed by atoms with E-state index in [0.717, 1.165) is 69.3 Å². The molecule has 1 aliphatic heterocycles. The van der Waals surface area contributed by atoms with Gasteiger partial charge in [-0.05, 0) is 49.3 Å². The van der Waals surface area contributed by atoms with Gasteiger partial charge < -0.3 is 15.4 Å². The summed E-state index contributed by atoms with van der Waals surface area (Å²) in [7, 11) is 3.46. The second-order valence-corrected chi connectivity index (χ2v) is 7.77. The molecule has 0 fully saturated rings. The molecule has 9 heteroatoms. The lowest BCUT2D eigenvalue weighted by Crippen LogP contribution is -2.39. The largest absolute Gasteiger partial charge is 0.497 e. The fourth-order valence-corrected chi connectivity index (χ4v) is 3.76. The third kappa shape index (κ3) is 6.98. The Bertz CT molecular complexity index is 890.